The second kappa shape index (κ2) is 7.07. The molecule has 0 N–H and O–H groups in total. The van der Waals surface area contributed by atoms with Crippen molar-refractivity contribution in [2.24, 2.45) is 0 Å². The first kappa shape index (κ1) is 11.8. The maximum atomic E-state index is 4.91. The van der Waals surface area contributed by atoms with E-state index in [2.05, 4.69) is 15.9 Å². The van der Waals surface area contributed by atoms with Crippen molar-refractivity contribution in [3.05, 3.63) is 65.1 Å². The lowest BCUT2D eigenvalue weighted by Crippen LogP contribution is -1.78. The molecule has 0 aliphatic rings. The summed E-state index contributed by atoms with van der Waals surface area (Å²) in [5.74, 6) is 0.910. The van der Waals surface area contributed by atoms with Gasteiger partial charge in [-0.3, -0.25) is 0 Å². The molecule has 0 aliphatic carbocycles. The Morgan fingerprint density at radius 1 is 0.800 bits per heavy atom. The van der Waals surface area contributed by atoms with Crippen LogP contribution in [0.1, 0.15) is 0 Å². The fraction of sp³-hybridized carbons (Fsp3) is 0.0769. The second-order valence-corrected chi connectivity index (χ2v) is 3.73. The highest BCUT2D eigenvalue weighted by molar-refractivity contribution is 9.10. The van der Waals surface area contributed by atoms with Crippen molar-refractivity contribution in [3.8, 4) is 5.75 Å². The van der Waals surface area contributed by atoms with Crippen LogP contribution in [0.5, 0.6) is 5.75 Å². The topological polar surface area (TPSA) is 9.23 Å². The molecule has 78 valence electrons. The molecule has 0 saturated carbocycles. The molecule has 0 fully saturated rings. The lowest BCUT2D eigenvalue weighted by atomic mass is 10.3. The van der Waals surface area contributed by atoms with Gasteiger partial charge >= 0.3 is 0 Å². The molecule has 0 heterocycles. The number of para-hydroxylation sites is 1. The minimum absolute atomic E-state index is 0.910. The Balaban J connectivity index is 0.000000151. The molecular weight excluding hydrogens is 252 g/mol. The first-order chi connectivity index (χ1) is 7.33. The molecule has 1 nitrogen and oxygen atoms in total. The summed E-state index contributed by atoms with van der Waals surface area (Å²) >= 11 is 3.31. The van der Waals surface area contributed by atoms with Gasteiger partial charge in [0.1, 0.15) is 5.75 Å². The summed E-state index contributed by atoms with van der Waals surface area (Å²) in [5, 5.41) is 0. The van der Waals surface area contributed by atoms with Gasteiger partial charge < -0.3 is 4.74 Å². The lowest BCUT2D eigenvalue weighted by molar-refractivity contribution is 0.415. The van der Waals surface area contributed by atoms with Crippen LogP contribution < -0.4 is 4.74 Å². The standard InChI is InChI=1S/C7H8O.C6H5Br/c1-8-7-5-3-2-4-6-7;7-6-4-2-1-3-5-6/h2-6H,1H3;1-5H. The first-order valence-corrected chi connectivity index (χ1v) is 5.42. The summed E-state index contributed by atoms with van der Waals surface area (Å²) in [5.41, 5.74) is 0. The fourth-order valence-corrected chi connectivity index (χ4v) is 1.28. The molecule has 0 aromatic heterocycles. The molecule has 2 aromatic carbocycles. The van der Waals surface area contributed by atoms with Gasteiger partial charge in [-0.1, -0.05) is 52.3 Å². The number of methoxy groups -OCH3 is 1. The van der Waals surface area contributed by atoms with Crippen LogP contribution in [0.4, 0.5) is 0 Å². The molecule has 0 aliphatic heterocycles. The number of ether oxygens (including phenoxy) is 1. The van der Waals surface area contributed by atoms with E-state index in [0.717, 1.165) is 10.2 Å². The normalized spacial score (nSPS) is 8.67. The largest absolute Gasteiger partial charge is 0.497 e. The third-order valence-corrected chi connectivity index (χ3v) is 2.24. The number of rotatable bonds is 1. The Kier molecular flexibility index (Phi) is 5.56. The highest BCUT2D eigenvalue weighted by Crippen LogP contribution is 2.05. The molecule has 0 radical (unpaired) electrons. The van der Waals surface area contributed by atoms with Crippen LogP contribution in [0.2, 0.25) is 0 Å². The SMILES string of the molecule is Brc1ccccc1.COc1ccccc1. The van der Waals surface area contributed by atoms with E-state index in [-0.39, 0.29) is 0 Å². The van der Waals surface area contributed by atoms with Crippen LogP contribution >= 0.6 is 15.9 Å². The molecule has 15 heavy (non-hydrogen) atoms. The van der Waals surface area contributed by atoms with Gasteiger partial charge in [0.15, 0.2) is 0 Å². The third-order valence-electron chi connectivity index (χ3n) is 1.71. The zero-order chi connectivity index (χ0) is 10.9. The van der Waals surface area contributed by atoms with Crippen LogP contribution in [-0.4, -0.2) is 7.11 Å². The van der Waals surface area contributed by atoms with E-state index in [1.165, 1.54) is 0 Å². The summed E-state index contributed by atoms with van der Waals surface area (Å²) in [7, 11) is 1.66. The molecule has 2 aromatic rings. The van der Waals surface area contributed by atoms with Gasteiger partial charge in [0.25, 0.3) is 0 Å². The van der Waals surface area contributed by atoms with Gasteiger partial charge in [0, 0.05) is 4.47 Å². The Morgan fingerprint density at radius 3 is 1.53 bits per heavy atom. The average Bonchev–Trinajstić information content (AvgIpc) is 2.32. The van der Waals surface area contributed by atoms with Crippen LogP contribution in [0.25, 0.3) is 0 Å². The van der Waals surface area contributed by atoms with Crippen LogP contribution in [0.3, 0.4) is 0 Å². The van der Waals surface area contributed by atoms with Crippen molar-refractivity contribution < 1.29 is 4.74 Å². The van der Waals surface area contributed by atoms with Crippen molar-refractivity contribution in [3.63, 3.8) is 0 Å². The number of hydrogen-bond acceptors (Lipinski definition) is 1. The average molecular weight is 265 g/mol. The summed E-state index contributed by atoms with van der Waals surface area (Å²) < 4.78 is 6.05. The quantitative estimate of drug-likeness (QED) is 0.752. The highest BCUT2D eigenvalue weighted by Gasteiger charge is 1.80. The summed E-state index contributed by atoms with van der Waals surface area (Å²) in [6, 6.07) is 19.7. The maximum absolute atomic E-state index is 4.91. The van der Waals surface area contributed by atoms with E-state index in [4.69, 9.17) is 4.74 Å². The Bertz CT molecular complexity index is 359. The Labute approximate surface area is 98.8 Å². The van der Waals surface area contributed by atoms with Gasteiger partial charge in [-0.25, -0.2) is 0 Å². The van der Waals surface area contributed by atoms with Crippen molar-refractivity contribution >= 4 is 15.9 Å². The molecule has 0 unspecified atom stereocenters. The predicted molar refractivity (Wildman–Crippen MR) is 67.1 cm³/mol. The van der Waals surface area contributed by atoms with E-state index >= 15 is 0 Å². The van der Waals surface area contributed by atoms with Crippen molar-refractivity contribution in [1.29, 1.82) is 0 Å². The Hall–Kier alpha value is -1.28. The molecular formula is C13H13BrO. The molecule has 0 saturated heterocycles. The van der Waals surface area contributed by atoms with Gasteiger partial charge in [-0.15, -0.1) is 0 Å². The van der Waals surface area contributed by atoms with Crippen LogP contribution in [0, 0.1) is 0 Å². The predicted octanol–water partition coefficient (Wildman–Crippen LogP) is 4.14. The van der Waals surface area contributed by atoms with Gasteiger partial charge in [-0.05, 0) is 24.3 Å². The fourth-order valence-electron chi connectivity index (χ4n) is 0.971. The highest BCUT2D eigenvalue weighted by atomic mass is 79.9. The molecule has 0 spiro atoms. The van der Waals surface area contributed by atoms with Gasteiger partial charge in [0.05, 0.1) is 7.11 Å². The second-order valence-electron chi connectivity index (χ2n) is 2.81. The molecule has 0 amide bonds. The summed E-state index contributed by atoms with van der Waals surface area (Å²) in [6.07, 6.45) is 0. The third kappa shape index (κ3) is 5.23. The van der Waals surface area contributed by atoms with E-state index < -0.39 is 0 Å². The smallest absolute Gasteiger partial charge is 0.118 e. The Morgan fingerprint density at radius 2 is 1.27 bits per heavy atom. The lowest BCUT2D eigenvalue weighted by Gasteiger charge is -1.93. The molecule has 0 bridgehead atoms. The summed E-state index contributed by atoms with van der Waals surface area (Å²) in [4.78, 5) is 0. The summed E-state index contributed by atoms with van der Waals surface area (Å²) in [6.45, 7) is 0. The minimum atomic E-state index is 0.910. The molecule has 0 atom stereocenters. The van der Waals surface area contributed by atoms with Crippen LogP contribution in [-0.2, 0) is 0 Å². The van der Waals surface area contributed by atoms with Crippen LogP contribution in [0.15, 0.2) is 65.1 Å². The van der Waals surface area contributed by atoms with Crippen molar-refractivity contribution in [2.45, 2.75) is 0 Å². The van der Waals surface area contributed by atoms with Gasteiger partial charge in [-0.2, -0.15) is 0 Å². The molecule has 2 rings (SSSR count). The van der Waals surface area contributed by atoms with E-state index in [0.29, 0.717) is 0 Å². The zero-order valence-corrected chi connectivity index (χ0v) is 10.1. The van der Waals surface area contributed by atoms with E-state index in [1.54, 1.807) is 7.11 Å². The first-order valence-electron chi connectivity index (χ1n) is 4.62. The maximum Gasteiger partial charge on any atom is 0.118 e. The number of benzene rings is 2. The van der Waals surface area contributed by atoms with Crippen molar-refractivity contribution in [1.82, 2.24) is 0 Å². The van der Waals surface area contributed by atoms with Crippen molar-refractivity contribution in [2.75, 3.05) is 7.11 Å². The monoisotopic (exact) mass is 264 g/mol. The minimum Gasteiger partial charge on any atom is -0.497 e. The van der Waals surface area contributed by atoms with E-state index in [1.807, 2.05) is 60.7 Å². The number of halogens is 1. The number of hydrogen-bond donors (Lipinski definition) is 0. The zero-order valence-electron chi connectivity index (χ0n) is 8.56. The molecule has 2 heteroatoms. The van der Waals surface area contributed by atoms with E-state index in [9.17, 15) is 0 Å². The van der Waals surface area contributed by atoms with Gasteiger partial charge in [0.2, 0.25) is 0 Å².